The molecule has 0 heterocycles. The van der Waals surface area contributed by atoms with Gasteiger partial charge in [0.2, 0.25) is 0 Å². The number of ether oxygens (including phenoxy) is 2. The van der Waals surface area contributed by atoms with Gasteiger partial charge in [0.15, 0.2) is 6.61 Å². The molecule has 2 aromatic rings. The van der Waals surface area contributed by atoms with Crippen molar-refractivity contribution in [1.82, 2.24) is 0 Å². The van der Waals surface area contributed by atoms with Gasteiger partial charge in [0, 0.05) is 6.07 Å². The van der Waals surface area contributed by atoms with E-state index in [0.29, 0.717) is 29.5 Å². The van der Waals surface area contributed by atoms with Crippen molar-refractivity contribution in [1.29, 1.82) is 0 Å². The van der Waals surface area contributed by atoms with E-state index in [1.54, 1.807) is 18.2 Å². The smallest absolute Gasteiger partial charge is 0.262 e. The Morgan fingerprint density at radius 2 is 1.74 bits per heavy atom. The number of aryl methyl sites for hydroxylation is 1. The van der Waals surface area contributed by atoms with Gasteiger partial charge >= 0.3 is 0 Å². The van der Waals surface area contributed by atoms with Crippen LogP contribution >= 0.6 is 0 Å². The lowest BCUT2D eigenvalue weighted by molar-refractivity contribution is -0.118. The van der Waals surface area contributed by atoms with Gasteiger partial charge in [-0.25, -0.2) is 0 Å². The molecule has 0 aliphatic carbocycles. The van der Waals surface area contributed by atoms with Crippen LogP contribution in [0.1, 0.15) is 19.4 Å². The number of rotatable bonds is 7. The van der Waals surface area contributed by atoms with E-state index in [4.69, 9.17) is 15.2 Å². The highest BCUT2D eigenvalue weighted by atomic mass is 16.5. The molecular weight excluding hydrogens is 292 g/mol. The van der Waals surface area contributed by atoms with Crippen LogP contribution in [0.3, 0.4) is 0 Å². The van der Waals surface area contributed by atoms with Crippen LogP contribution in [0, 0.1) is 0 Å². The van der Waals surface area contributed by atoms with Crippen molar-refractivity contribution in [3.63, 3.8) is 0 Å². The lowest BCUT2D eigenvalue weighted by Gasteiger charge is -2.11. The van der Waals surface area contributed by atoms with E-state index in [-0.39, 0.29) is 12.5 Å². The van der Waals surface area contributed by atoms with E-state index in [9.17, 15) is 4.79 Å². The molecule has 1 amide bonds. The lowest BCUT2D eigenvalue weighted by atomic mass is 10.2. The van der Waals surface area contributed by atoms with Gasteiger partial charge in [-0.3, -0.25) is 4.79 Å². The van der Waals surface area contributed by atoms with Crippen LogP contribution in [0.25, 0.3) is 0 Å². The second-order valence-electron chi connectivity index (χ2n) is 5.02. The fourth-order valence-electron chi connectivity index (χ4n) is 2.07. The highest BCUT2D eigenvalue weighted by Gasteiger charge is 2.07. The fraction of sp³-hybridized carbons (Fsp3) is 0.278. The van der Waals surface area contributed by atoms with Crippen LogP contribution in [0.5, 0.6) is 11.5 Å². The Hall–Kier alpha value is -2.69. The number of carbonyl (C=O) groups is 1. The highest BCUT2D eigenvalue weighted by Crippen LogP contribution is 2.24. The molecule has 0 aliphatic rings. The van der Waals surface area contributed by atoms with Gasteiger partial charge in [-0.2, -0.15) is 0 Å². The zero-order valence-corrected chi connectivity index (χ0v) is 13.5. The molecule has 0 fully saturated rings. The Bertz CT molecular complexity index is 654. The van der Waals surface area contributed by atoms with Crippen LogP contribution < -0.4 is 20.5 Å². The summed E-state index contributed by atoms with van der Waals surface area (Å²) < 4.78 is 10.8. The van der Waals surface area contributed by atoms with Gasteiger partial charge in [-0.05, 0) is 43.2 Å². The molecule has 0 aliphatic heterocycles. The van der Waals surface area contributed by atoms with Gasteiger partial charge in [0.25, 0.3) is 5.91 Å². The standard InChI is InChI=1S/C18H22N2O3/c1-3-13-5-7-14(8-6-13)23-12-18(21)20-17-10-9-15(22-4-2)11-16(17)19/h5-11H,3-4,12,19H2,1-2H3,(H,20,21). The zero-order chi connectivity index (χ0) is 16.7. The first-order valence-corrected chi connectivity index (χ1v) is 7.66. The molecule has 0 aromatic heterocycles. The van der Waals surface area contributed by atoms with Crippen LogP contribution in [-0.2, 0) is 11.2 Å². The van der Waals surface area contributed by atoms with Crippen molar-refractivity contribution < 1.29 is 14.3 Å². The molecular formula is C18H22N2O3. The maximum Gasteiger partial charge on any atom is 0.262 e. The molecule has 23 heavy (non-hydrogen) atoms. The first-order chi connectivity index (χ1) is 11.1. The third kappa shape index (κ3) is 4.92. The minimum absolute atomic E-state index is 0.0713. The van der Waals surface area contributed by atoms with E-state index >= 15 is 0 Å². The molecule has 0 bridgehead atoms. The first-order valence-electron chi connectivity index (χ1n) is 7.66. The average Bonchev–Trinajstić information content (AvgIpc) is 2.56. The molecule has 122 valence electrons. The number of benzene rings is 2. The zero-order valence-electron chi connectivity index (χ0n) is 13.5. The summed E-state index contributed by atoms with van der Waals surface area (Å²) >= 11 is 0. The molecule has 0 unspecified atom stereocenters. The molecule has 0 saturated carbocycles. The predicted octanol–water partition coefficient (Wildman–Crippen LogP) is 3.25. The second-order valence-corrected chi connectivity index (χ2v) is 5.02. The monoisotopic (exact) mass is 314 g/mol. The molecule has 0 radical (unpaired) electrons. The average molecular weight is 314 g/mol. The molecule has 5 heteroatoms. The van der Waals surface area contributed by atoms with Crippen molar-refractivity contribution in [3.8, 4) is 11.5 Å². The number of nitrogens with two attached hydrogens (primary N) is 1. The highest BCUT2D eigenvalue weighted by molar-refractivity contribution is 5.95. The number of amides is 1. The van der Waals surface area contributed by atoms with Crippen LogP contribution in [-0.4, -0.2) is 19.1 Å². The van der Waals surface area contributed by atoms with Crippen LogP contribution in [0.4, 0.5) is 11.4 Å². The van der Waals surface area contributed by atoms with Crippen molar-refractivity contribution in [2.45, 2.75) is 20.3 Å². The lowest BCUT2D eigenvalue weighted by Crippen LogP contribution is -2.20. The third-order valence-electron chi connectivity index (χ3n) is 3.31. The first kappa shape index (κ1) is 16.7. The summed E-state index contributed by atoms with van der Waals surface area (Å²) in [4.78, 5) is 11.9. The van der Waals surface area contributed by atoms with Crippen LogP contribution in [0.2, 0.25) is 0 Å². The summed E-state index contributed by atoms with van der Waals surface area (Å²) in [7, 11) is 0. The molecule has 0 saturated heterocycles. The summed E-state index contributed by atoms with van der Waals surface area (Å²) in [5.41, 5.74) is 8.13. The largest absolute Gasteiger partial charge is 0.494 e. The summed E-state index contributed by atoms with van der Waals surface area (Å²) in [5, 5.41) is 2.73. The molecule has 3 N–H and O–H groups in total. The van der Waals surface area contributed by atoms with Crippen molar-refractivity contribution in [2.24, 2.45) is 0 Å². The Kier molecular flexibility index (Phi) is 5.86. The summed E-state index contributed by atoms with van der Waals surface area (Å²) in [6, 6.07) is 12.8. The number of nitrogen functional groups attached to an aromatic ring is 1. The number of nitrogens with one attached hydrogen (secondary N) is 1. The SMILES string of the molecule is CCOc1ccc(NC(=O)COc2ccc(CC)cc2)c(N)c1. The van der Waals surface area contributed by atoms with E-state index in [0.717, 1.165) is 6.42 Å². The third-order valence-corrected chi connectivity index (χ3v) is 3.31. The maximum atomic E-state index is 11.9. The van der Waals surface area contributed by atoms with E-state index < -0.39 is 0 Å². The van der Waals surface area contributed by atoms with E-state index in [2.05, 4.69) is 12.2 Å². The predicted molar refractivity (Wildman–Crippen MR) is 92.0 cm³/mol. The Morgan fingerprint density at radius 3 is 2.35 bits per heavy atom. The minimum Gasteiger partial charge on any atom is -0.494 e. The van der Waals surface area contributed by atoms with Gasteiger partial charge in [0.1, 0.15) is 11.5 Å². The normalized spacial score (nSPS) is 10.2. The number of carbonyl (C=O) groups excluding carboxylic acids is 1. The summed E-state index contributed by atoms with van der Waals surface area (Å²) in [5.74, 6) is 1.08. The Labute approximate surface area is 136 Å². The number of hydrogen-bond donors (Lipinski definition) is 2. The quantitative estimate of drug-likeness (QED) is 0.769. The summed E-state index contributed by atoms with van der Waals surface area (Å²) in [6.07, 6.45) is 0.970. The van der Waals surface area contributed by atoms with E-state index in [1.807, 2.05) is 31.2 Å². The second kappa shape index (κ2) is 8.08. The van der Waals surface area contributed by atoms with Gasteiger partial charge < -0.3 is 20.5 Å². The minimum atomic E-state index is -0.263. The van der Waals surface area contributed by atoms with Crippen LogP contribution in [0.15, 0.2) is 42.5 Å². The van der Waals surface area contributed by atoms with Crippen molar-refractivity contribution in [3.05, 3.63) is 48.0 Å². The number of anilines is 2. The van der Waals surface area contributed by atoms with Crippen molar-refractivity contribution >= 4 is 17.3 Å². The molecule has 2 rings (SSSR count). The Balaban J connectivity index is 1.88. The van der Waals surface area contributed by atoms with Gasteiger partial charge in [-0.1, -0.05) is 19.1 Å². The van der Waals surface area contributed by atoms with Gasteiger partial charge in [-0.15, -0.1) is 0 Å². The summed E-state index contributed by atoms with van der Waals surface area (Å²) in [6.45, 7) is 4.48. The molecule has 5 nitrogen and oxygen atoms in total. The molecule has 0 atom stereocenters. The fourth-order valence-corrected chi connectivity index (χ4v) is 2.07. The Morgan fingerprint density at radius 1 is 1.04 bits per heavy atom. The van der Waals surface area contributed by atoms with Crippen molar-refractivity contribution in [2.75, 3.05) is 24.3 Å². The molecule has 0 spiro atoms. The van der Waals surface area contributed by atoms with Gasteiger partial charge in [0.05, 0.1) is 18.0 Å². The maximum absolute atomic E-state index is 11.9. The number of hydrogen-bond acceptors (Lipinski definition) is 4. The topological polar surface area (TPSA) is 73.6 Å². The van der Waals surface area contributed by atoms with E-state index in [1.165, 1.54) is 5.56 Å². The molecule has 2 aromatic carbocycles.